The van der Waals surface area contributed by atoms with E-state index in [9.17, 15) is 4.39 Å². The Hall–Kier alpha value is -1.32. The van der Waals surface area contributed by atoms with E-state index < -0.39 is 0 Å². The third-order valence-electron chi connectivity index (χ3n) is 3.27. The van der Waals surface area contributed by atoms with Crippen LogP contribution in [0.3, 0.4) is 0 Å². The molecule has 0 aliphatic rings. The van der Waals surface area contributed by atoms with Gasteiger partial charge in [-0.15, -0.1) is 0 Å². The Morgan fingerprint density at radius 3 is 2.50 bits per heavy atom. The fourth-order valence-electron chi connectivity index (χ4n) is 2.06. The minimum Gasteiger partial charge on any atom is -0.328 e. The van der Waals surface area contributed by atoms with Crippen LogP contribution in [0.25, 0.3) is 0 Å². The van der Waals surface area contributed by atoms with E-state index >= 15 is 0 Å². The number of hydrogen-bond donors (Lipinski definition) is 1. The Morgan fingerprint density at radius 1 is 1.10 bits per heavy atom. The second-order valence-corrected chi connectivity index (χ2v) is 6.40. The van der Waals surface area contributed by atoms with Gasteiger partial charge in [-0.05, 0) is 74.2 Å². The predicted octanol–water partition coefficient (Wildman–Crippen LogP) is 4.48. The summed E-state index contributed by atoms with van der Waals surface area (Å²) in [5.74, 6) is -0.204. The second-order valence-electron chi connectivity index (χ2n) is 5.28. The number of nitrogens with two attached hydrogens (primary N) is 1. The monoisotopic (exact) mass is 289 g/mol. The molecule has 0 radical (unpaired) electrons. The second kappa shape index (κ2) is 6.42. The summed E-state index contributed by atoms with van der Waals surface area (Å²) in [4.78, 5) is 2.25. The molecule has 2 N–H and O–H groups in total. The summed E-state index contributed by atoms with van der Waals surface area (Å²) in [7, 11) is 0. The van der Waals surface area contributed by atoms with Crippen LogP contribution in [-0.4, -0.2) is 6.04 Å². The fraction of sp³-hybridized carbons (Fsp3) is 0.294. The number of benzene rings is 2. The summed E-state index contributed by atoms with van der Waals surface area (Å²) in [6, 6.07) is 11.3. The summed E-state index contributed by atoms with van der Waals surface area (Å²) in [5, 5.41) is 0. The van der Waals surface area contributed by atoms with Crippen LogP contribution in [0.1, 0.15) is 23.6 Å². The SMILES string of the molecule is Cc1ccc(Sc2ccc(F)cc2CC(C)N)cc1C. The summed E-state index contributed by atoms with van der Waals surface area (Å²) < 4.78 is 13.4. The smallest absolute Gasteiger partial charge is 0.123 e. The first-order valence-corrected chi connectivity index (χ1v) is 7.56. The molecule has 0 aliphatic carbocycles. The van der Waals surface area contributed by atoms with Crippen LogP contribution >= 0.6 is 11.8 Å². The molecule has 0 bridgehead atoms. The zero-order valence-electron chi connectivity index (χ0n) is 12.1. The summed E-state index contributed by atoms with van der Waals surface area (Å²) >= 11 is 1.67. The van der Waals surface area contributed by atoms with Crippen molar-refractivity contribution in [2.45, 2.75) is 43.0 Å². The lowest BCUT2D eigenvalue weighted by Gasteiger charge is -2.12. The molecule has 1 nitrogen and oxygen atoms in total. The van der Waals surface area contributed by atoms with Crippen LogP contribution in [-0.2, 0) is 6.42 Å². The van der Waals surface area contributed by atoms with Gasteiger partial charge in [-0.2, -0.15) is 0 Å². The van der Waals surface area contributed by atoms with Crippen molar-refractivity contribution in [3.05, 3.63) is 58.9 Å². The van der Waals surface area contributed by atoms with E-state index in [1.807, 2.05) is 13.0 Å². The fourth-order valence-corrected chi connectivity index (χ4v) is 3.09. The van der Waals surface area contributed by atoms with Gasteiger partial charge < -0.3 is 5.73 Å². The maximum atomic E-state index is 13.4. The van der Waals surface area contributed by atoms with Gasteiger partial charge in [-0.1, -0.05) is 17.8 Å². The summed E-state index contributed by atoms with van der Waals surface area (Å²) in [6.07, 6.45) is 0.685. The molecule has 2 aromatic carbocycles. The molecule has 2 rings (SSSR count). The van der Waals surface area contributed by atoms with Crippen molar-refractivity contribution in [2.24, 2.45) is 5.73 Å². The van der Waals surface area contributed by atoms with E-state index in [1.54, 1.807) is 17.8 Å². The van der Waals surface area contributed by atoms with Crippen molar-refractivity contribution in [1.29, 1.82) is 0 Å². The zero-order valence-corrected chi connectivity index (χ0v) is 12.9. The Bertz CT molecular complexity index is 608. The van der Waals surface area contributed by atoms with Crippen LogP contribution in [0.5, 0.6) is 0 Å². The van der Waals surface area contributed by atoms with E-state index in [0.29, 0.717) is 6.42 Å². The molecule has 106 valence electrons. The van der Waals surface area contributed by atoms with Crippen molar-refractivity contribution >= 4 is 11.8 Å². The van der Waals surface area contributed by atoms with Crippen LogP contribution < -0.4 is 5.73 Å². The Labute approximate surface area is 124 Å². The van der Waals surface area contributed by atoms with Gasteiger partial charge in [0.25, 0.3) is 0 Å². The minimum absolute atomic E-state index is 0.0240. The van der Waals surface area contributed by atoms with Gasteiger partial charge in [-0.3, -0.25) is 0 Å². The molecule has 2 aromatic rings. The van der Waals surface area contributed by atoms with Gasteiger partial charge in [0.1, 0.15) is 5.82 Å². The number of rotatable bonds is 4. The number of halogens is 1. The highest BCUT2D eigenvalue weighted by Gasteiger charge is 2.09. The Morgan fingerprint density at radius 2 is 1.85 bits per heavy atom. The third-order valence-corrected chi connectivity index (χ3v) is 4.38. The van der Waals surface area contributed by atoms with Crippen LogP contribution in [0.15, 0.2) is 46.2 Å². The highest BCUT2D eigenvalue weighted by Crippen LogP contribution is 2.32. The van der Waals surface area contributed by atoms with Gasteiger partial charge in [0.15, 0.2) is 0 Å². The van der Waals surface area contributed by atoms with Crippen molar-refractivity contribution in [2.75, 3.05) is 0 Å². The van der Waals surface area contributed by atoms with Crippen LogP contribution in [0.2, 0.25) is 0 Å². The lowest BCUT2D eigenvalue weighted by molar-refractivity contribution is 0.620. The molecule has 0 heterocycles. The van der Waals surface area contributed by atoms with Gasteiger partial charge in [-0.25, -0.2) is 4.39 Å². The molecule has 0 saturated carbocycles. The van der Waals surface area contributed by atoms with Crippen LogP contribution in [0.4, 0.5) is 4.39 Å². The van der Waals surface area contributed by atoms with Gasteiger partial charge in [0, 0.05) is 15.8 Å². The van der Waals surface area contributed by atoms with Gasteiger partial charge in [0.05, 0.1) is 0 Å². The molecular formula is C17H20FNS. The van der Waals surface area contributed by atoms with Crippen molar-refractivity contribution < 1.29 is 4.39 Å². The minimum atomic E-state index is -0.204. The average molecular weight is 289 g/mol. The topological polar surface area (TPSA) is 26.0 Å². The van der Waals surface area contributed by atoms with Crippen LogP contribution in [0, 0.1) is 19.7 Å². The Balaban J connectivity index is 2.30. The molecule has 0 aromatic heterocycles. The molecule has 0 saturated heterocycles. The van der Waals surface area contributed by atoms with E-state index in [4.69, 9.17) is 5.73 Å². The first-order valence-electron chi connectivity index (χ1n) is 6.75. The van der Waals surface area contributed by atoms with Gasteiger partial charge >= 0.3 is 0 Å². The van der Waals surface area contributed by atoms with E-state index in [-0.39, 0.29) is 11.9 Å². The summed E-state index contributed by atoms with van der Waals surface area (Å²) in [5.41, 5.74) is 9.38. The molecular weight excluding hydrogens is 269 g/mol. The molecule has 3 heteroatoms. The lowest BCUT2D eigenvalue weighted by atomic mass is 10.1. The quantitative estimate of drug-likeness (QED) is 0.898. The predicted molar refractivity (Wildman–Crippen MR) is 83.8 cm³/mol. The van der Waals surface area contributed by atoms with Gasteiger partial charge in [0.2, 0.25) is 0 Å². The average Bonchev–Trinajstić information content (AvgIpc) is 2.36. The normalized spacial score (nSPS) is 12.4. The highest BCUT2D eigenvalue weighted by molar-refractivity contribution is 7.99. The first kappa shape index (κ1) is 15.1. The molecule has 0 amide bonds. The van der Waals surface area contributed by atoms with E-state index in [0.717, 1.165) is 10.5 Å². The van der Waals surface area contributed by atoms with E-state index in [2.05, 4.69) is 32.0 Å². The molecule has 0 spiro atoms. The lowest BCUT2D eigenvalue weighted by Crippen LogP contribution is -2.18. The molecule has 0 fully saturated rings. The van der Waals surface area contributed by atoms with Crippen molar-refractivity contribution in [1.82, 2.24) is 0 Å². The zero-order chi connectivity index (χ0) is 14.7. The van der Waals surface area contributed by atoms with E-state index in [1.165, 1.54) is 22.1 Å². The third kappa shape index (κ3) is 3.84. The largest absolute Gasteiger partial charge is 0.328 e. The Kier molecular flexibility index (Phi) is 4.84. The molecule has 0 aliphatic heterocycles. The maximum absolute atomic E-state index is 13.4. The molecule has 20 heavy (non-hydrogen) atoms. The molecule has 1 unspecified atom stereocenters. The summed E-state index contributed by atoms with van der Waals surface area (Å²) in [6.45, 7) is 6.14. The number of hydrogen-bond acceptors (Lipinski definition) is 2. The highest BCUT2D eigenvalue weighted by atomic mass is 32.2. The first-order chi connectivity index (χ1) is 9.45. The standard InChI is InChI=1S/C17H20FNS/c1-11-4-6-16(8-12(11)2)20-17-7-5-15(18)10-14(17)9-13(3)19/h4-8,10,13H,9,19H2,1-3H3. The number of aryl methyl sites for hydroxylation is 2. The van der Waals surface area contributed by atoms with Crippen molar-refractivity contribution in [3.63, 3.8) is 0 Å². The maximum Gasteiger partial charge on any atom is 0.123 e. The van der Waals surface area contributed by atoms with Crippen molar-refractivity contribution in [3.8, 4) is 0 Å². The molecule has 1 atom stereocenters.